The summed E-state index contributed by atoms with van der Waals surface area (Å²) in [7, 11) is 3.44. The summed E-state index contributed by atoms with van der Waals surface area (Å²) in [5, 5.41) is 14.1. The average Bonchev–Trinajstić information content (AvgIpc) is 3.25. The third-order valence-corrected chi connectivity index (χ3v) is 11.7. The summed E-state index contributed by atoms with van der Waals surface area (Å²) in [6.45, 7) is 26.1. The first kappa shape index (κ1) is 45.6. The van der Waals surface area contributed by atoms with Crippen LogP contribution in [0.2, 0.25) is 0 Å². The molecular formula is C58H62O6. The molecule has 6 heteroatoms. The van der Waals surface area contributed by atoms with E-state index in [1.165, 1.54) is 0 Å². The third-order valence-electron chi connectivity index (χ3n) is 11.7. The van der Waals surface area contributed by atoms with Crippen molar-refractivity contribution in [3.8, 4) is 34.1 Å². The fraction of sp³-hybridized carbons (Fsp3) is 0.310. The van der Waals surface area contributed by atoms with Gasteiger partial charge in [0, 0.05) is 44.5 Å². The number of methoxy groups -OCH3 is 2. The molecular weight excluding hydrogens is 793 g/mol. The zero-order valence-corrected chi connectivity index (χ0v) is 40.0. The van der Waals surface area contributed by atoms with E-state index >= 15 is 0 Å². The standard InChI is InChI=1S/C58H62O6/c1-55(2,3)43-31-39(32-44(53(43)61-13)56(4,5)6)49-29-35(27-47(63-49)37-21-17-15-18-22-37)25-41-51(59)42(52(41)60)26-36-28-48(38-23-19-16-20-24-38)64-50(30-36)40-33-45(57(7,8)9)54(62-14)46(34-40)58(10,11)12/h15-34H,1-14H3. The summed E-state index contributed by atoms with van der Waals surface area (Å²) in [6, 6.07) is 32.0. The van der Waals surface area contributed by atoms with E-state index in [0.717, 1.165) is 56.0 Å². The zero-order chi connectivity index (χ0) is 46.5. The molecule has 0 saturated carbocycles. The van der Waals surface area contributed by atoms with Gasteiger partial charge in [0.2, 0.25) is 0 Å². The molecule has 0 amide bonds. The minimum Gasteiger partial charge on any atom is -0.871 e. The number of carbonyl (C=O) groups excluding carboxylic acids is 1. The lowest BCUT2D eigenvalue weighted by molar-refractivity contribution is -0.300. The average molecular weight is 855 g/mol. The van der Waals surface area contributed by atoms with E-state index in [4.69, 9.17) is 18.6 Å². The highest BCUT2D eigenvalue weighted by molar-refractivity contribution is 6.23. The summed E-state index contributed by atoms with van der Waals surface area (Å²) in [6.07, 6.45) is 7.17. The molecule has 5 aromatic rings. The quantitative estimate of drug-likeness (QED) is 0.114. The summed E-state index contributed by atoms with van der Waals surface area (Å²) in [5.74, 6) is 3.53. The maximum Gasteiger partial charge on any atom is 0.361 e. The number of hydrogen-bond acceptors (Lipinski definition) is 5. The molecule has 330 valence electrons. The number of ketones is 1. The molecule has 0 saturated heterocycles. The van der Waals surface area contributed by atoms with Crippen molar-refractivity contribution in [3.05, 3.63) is 177 Å². The lowest BCUT2D eigenvalue weighted by atomic mass is 9.78. The summed E-state index contributed by atoms with van der Waals surface area (Å²) >= 11 is 0. The lowest BCUT2D eigenvalue weighted by Crippen LogP contribution is -2.29. The molecule has 1 aromatic heterocycles. The van der Waals surface area contributed by atoms with Crippen molar-refractivity contribution in [3.63, 3.8) is 0 Å². The highest BCUT2D eigenvalue weighted by Crippen LogP contribution is 2.46. The number of ether oxygens (including phenoxy) is 3. The second-order valence-electron chi connectivity index (χ2n) is 21.0. The summed E-state index contributed by atoms with van der Waals surface area (Å²) in [5.41, 5.74) is 8.39. The van der Waals surface area contributed by atoms with Gasteiger partial charge in [-0.3, -0.25) is 4.79 Å². The monoisotopic (exact) mass is 854 g/mol. The van der Waals surface area contributed by atoms with Crippen LogP contribution in [0.25, 0.3) is 40.2 Å². The molecule has 0 bridgehead atoms. The van der Waals surface area contributed by atoms with Crippen molar-refractivity contribution in [1.29, 1.82) is 0 Å². The van der Waals surface area contributed by atoms with Crippen molar-refractivity contribution < 1.29 is 28.5 Å². The van der Waals surface area contributed by atoms with Gasteiger partial charge in [-0.25, -0.2) is 4.42 Å². The van der Waals surface area contributed by atoms with E-state index in [1.807, 2.05) is 84.9 Å². The van der Waals surface area contributed by atoms with Crippen LogP contribution in [-0.4, -0.2) is 20.0 Å². The topological polar surface area (TPSA) is 79.1 Å². The van der Waals surface area contributed by atoms with Crippen molar-refractivity contribution >= 4 is 23.4 Å². The molecule has 4 aromatic carbocycles. The van der Waals surface area contributed by atoms with Gasteiger partial charge in [-0.15, -0.1) is 0 Å². The second-order valence-corrected chi connectivity index (χ2v) is 21.0. The molecule has 64 heavy (non-hydrogen) atoms. The molecule has 0 unspecified atom stereocenters. The largest absolute Gasteiger partial charge is 0.871 e. The normalized spacial score (nSPS) is 16.1. The number of allylic oxidation sites excluding steroid dienone is 6. The Morgan fingerprint density at radius 1 is 0.531 bits per heavy atom. The molecule has 2 aliphatic rings. The molecule has 0 fully saturated rings. The molecule has 0 atom stereocenters. The fourth-order valence-corrected chi connectivity index (χ4v) is 8.22. The van der Waals surface area contributed by atoms with Crippen molar-refractivity contribution in [1.82, 2.24) is 0 Å². The first-order valence-electron chi connectivity index (χ1n) is 22.0. The molecule has 6 nitrogen and oxygen atoms in total. The minimum atomic E-state index is -0.318. The Morgan fingerprint density at radius 3 is 1.36 bits per heavy atom. The van der Waals surface area contributed by atoms with Crippen LogP contribution in [0, 0.1) is 0 Å². The van der Waals surface area contributed by atoms with E-state index in [0.29, 0.717) is 34.2 Å². The third kappa shape index (κ3) is 9.29. The predicted octanol–water partition coefficient (Wildman–Crippen LogP) is 13.7. The van der Waals surface area contributed by atoms with Gasteiger partial charge in [0.25, 0.3) is 0 Å². The van der Waals surface area contributed by atoms with Gasteiger partial charge in [-0.05, 0) is 93.5 Å². The van der Waals surface area contributed by atoms with Gasteiger partial charge in [0.15, 0.2) is 5.78 Å². The molecule has 7 rings (SSSR count). The maximum atomic E-state index is 14.1. The van der Waals surface area contributed by atoms with E-state index in [1.54, 1.807) is 26.4 Å². The van der Waals surface area contributed by atoms with Crippen LogP contribution in [-0.2, 0) is 31.2 Å². The highest BCUT2D eigenvalue weighted by atomic mass is 16.5. The Bertz CT molecular complexity index is 2710. The Balaban J connectivity index is 1.36. The minimum absolute atomic E-state index is 0.117. The number of rotatable bonds is 8. The Morgan fingerprint density at radius 2 is 0.938 bits per heavy atom. The van der Waals surface area contributed by atoms with Crippen LogP contribution in [0.1, 0.15) is 122 Å². The molecule has 2 heterocycles. The summed E-state index contributed by atoms with van der Waals surface area (Å²) in [4.78, 5) is 14.1. The van der Waals surface area contributed by atoms with Crippen LogP contribution in [0.4, 0.5) is 0 Å². The summed E-state index contributed by atoms with van der Waals surface area (Å²) < 4.78 is 25.5. The number of Topliss-reactive ketones (excluding diaryl/α,β-unsaturated/α-hetero) is 1. The van der Waals surface area contributed by atoms with Gasteiger partial charge >= 0.3 is 11.5 Å². The lowest BCUT2D eigenvalue weighted by Gasteiger charge is -2.31. The second kappa shape index (κ2) is 17.0. The number of carbonyl (C=O) groups is 1. The first-order valence-corrected chi connectivity index (χ1v) is 22.0. The zero-order valence-electron chi connectivity index (χ0n) is 40.0. The van der Waals surface area contributed by atoms with Crippen LogP contribution in [0.3, 0.4) is 0 Å². The van der Waals surface area contributed by atoms with Crippen molar-refractivity contribution in [2.45, 2.75) is 105 Å². The van der Waals surface area contributed by atoms with Gasteiger partial charge in [-0.2, -0.15) is 0 Å². The van der Waals surface area contributed by atoms with Crippen molar-refractivity contribution in [2.75, 3.05) is 14.2 Å². The fourth-order valence-electron chi connectivity index (χ4n) is 8.22. The predicted molar refractivity (Wildman–Crippen MR) is 260 cm³/mol. The highest BCUT2D eigenvalue weighted by Gasteiger charge is 2.33. The van der Waals surface area contributed by atoms with E-state index < -0.39 is 0 Å². The van der Waals surface area contributed by atoms with Gasteiger partial charge in [0.1, 0.15) is 23.0 Å². The van der Waals surface area contributed by atoms with Crippen LogP contribution in [0.5, 0.6) is 11.5 Å². The van der Waals surface area contributed by atoms with Crippen LogP contribution in [0.15, 0.2) is 142 Å². The Labute approximate surface area is 380 Å². The van der Waals surface area contributed by atoms with Gasteiger partial charge in [-0.1, -0.05) is 137 Å². The Hall–Kier alpha value is -6.40. The van der Waals surface area contributed by atoms with Crippen LogP contribution < -0.4 is 14.6 Å². The van der Waals surface area contributed by atoms with Crippen molar-refractivity contribution in [2.24, 2.45) is 0 Å². The van der Waals surface area contributed by atoms with E-state index in [2.05, 4.69) is 107 Å². The molecule has 0 spiro atoms. The van der Waals surface area contributed by atoms with Gasteiger partial charge < -0.3 is 19.3 Å². The SMILES string of the molecule is COc1c(C(C)(C)C)cc(C2=CC(=CC3=C([O-])C(=Cc4cc(-c5ccccc5)[o+]c(-c5cc(C(C)(C)C)c(OC)c(C(C)(C)C)c5)c4)C3=O)C=C(c3ccccc3)O2)cc1C(C)(C)C. The molecule has 0 radical (unpaired) electrons. The van der Waals surface area contributed by atoms with E-state index in [-0.39, 0.29) is 44.3 Å². The first-order chi connectivity index (χ1) is 30.0. The Kier molecular flexibility index (Phi) is 12.1. The van der Waals surface area contributed by atoms with Gasteiger partial charge in [0.05, 0.1) is 37.5 Å². The van der Waals surface area contributed by atoms with Crippen LogP contribution >= 0.6 is 0 Å². The smallest absolute Gasteiger partial charge is 0.361 e. The maximum absolute atomic E-state index is 14.1. The molecule has 1 aliphatic carbocycles. The number of benzene rings is 4. The number of hydrogen-bond donors (Lipinski definition) is 0. The molecule has 1 aliphatic heterocycles. The van der Waals surface area contributed by atoms with E-state index in [9.17, 15) is 9.90 Å². The molecule has 0 N–H and O–H groups in total.